The summed E-state index contributed by atoms with van der Waals surface area (Å²) in [6, 6.07) is 9.49. The van der Waals surface area contributed by atoms with Gasteiger partial charge in [0.25, 0.3) is 0 Å². The van der Waals surface area contributed by atoms with Crippen LogP contribution in [-0.4, -0.2) is 11.7 Å². The number of nitrogens with two attached hydrogens (primary N) is 1. The van der Waals surface area contributed by atoms with E-state index < -0.39 is 6.03 Å². The highest BCUT2D eigenvalue weighted by Crippen LogP contribution is 2.02. The number of nitrogens with one attached hydrogen (secondary N) is 1. The number of benzene rings is 1. The van der Waals surface area contributed by atoms with Crippen molar-refractivity contribution in [3.05, 3.63) is 35.9 Å². The first-order valence-corrected chi connectivity index (χ1v) is 4.81. The number of hydrazone groups is 1. The van der Waals surface area contributed by atoms with Gasteiger partial charge in [0.05, 0.1) is 0 Å². The standard InChI is InChI=1S/C11H15N3O/c1-9(13-14-11(12)15)7-8-10-5-3-2-4-6-10/h2-6H,7-8H2,1H3,(H3,12,14,15). The number of carbonyl (C=O) groups is 1. The molecule has 0 aliphatic heterocycles. The van der Waals surface area contributed by atoms with Gasteiger partial charge in [-0.3, -0.25) is 0 Å². The number of hydrogen-bond donors (Lipinski definition) is 2. The highest BCUT2D eigenvalue weighted by Gasteiger charge is 1.95. The van der Waals surface area contributed by atoms with Gasteiger partial charge < -0.3 is 5.73 Å². The number of hydrogen-bond acceptors (Lipinski definition) is 2. The van der Waals surface area contributed by atoms with Gasteiger partial charge in [0, 0.05) is 5.71 Å². The van der Waals surface area contributed by atoms with E-state index >= 15 is 0 Å². The summed E-state index contributed by atoms with van der Waals surface area (Å²) in [6.07, 6.45) is 1.72. The second-order valence-electron chi connectivity index (χ2n) is 3.31. The molecule has 0 unspecified atom stereocenters. The van der Waals surface area contributed by atoms with Crippen LogP contribution in [0, 0.1) is 0 Å². The maximum atomic E-state index is 10.4. The lowest BCUT2D eigenvalue weighted by Gasteiger charge is -2.01. The minimum atomic E-state index is -0.630. The maximum absolute atomic E-state index is 10.4. The lowest BCUT2D eigenvalue weighted by Crippen LogP contribution is -2.25. The van der Waals surface area contributed by atoms with Crippen molar-refractivity contribution in [1.82, 2.24) is 5.43 Å². The topological polar surface area (TPSA) is 67.5 Å². The largest absolute Gasteiger partial charge is 0.350 e. The molecular formula is C11H15N3O. The van der Waals surface area contributed by atoms with Crippen LogP contribution in [0.4, 0.5) is 4.79 Å². The molecule has 0 atom stereocenters. The van der Waals surface area contributed by atoms with E-state index in [-0.39, 0.29) is 0 Å². The Labute approximate surface area is 89.2 Å². The molecule has 0 saturated heterocycles. The third kappa shape index (κ3) is 4.81. The monoisotopic (exact) mass is 205 g/mol. The first-order valence-electron chi connectivity index (χ1n) is 4.81. The van der Waals surface area contributed by atoms with Crippen LogP contribution < -0.4 is 11.2 Å². The van der Waals surface area contributed by atoms with Gasteiger partial charge in [-0.1, -0.05) is 30.3 Å². The van der Waals surface area contributed by atoms with Crippen molar-refractivity contribution < 1.29 is 4.79 Å². The maximum Gasteiger partial charge on any atom is 0.332 e. The van der Waals surface area contributed by atoms with Crippen LogP contribution in [0.15, 0.2) is 35.4 Å². The molecule has 0 aliphatic carbocycles. The van der Waals surface area contributed by atoms with Gasteiger partial charge in [0.2, 0.25) is 0 Å². The normalized spacial score (nSPS) is 11.1. The smallest absolute Gasteiger partial charge is 0.332 e. The highest BCUT2D eigenvalue weighted by molar-refractivity contribution is 5.83. The van der Waals surface area contributed by atoms with Gasteiger partial charge in [-0.2, -0.15) is 5.10 Å². The Hall–Kier alpha value is -1.84. The molecule has 15 heavy (non-hydrogen) atoms. The molecule has 2 amide bonds. The Bertz CT molecular complexity index is 346. The molecule has 1 aromatic rings. The Morgan fingerprint density at radius 1 is 1.40 bits per heavy atom. The zero-order valence-electron chi connectivity index (χ0n) is 8.73. The molecule has 80 valence electrons. The van der Waals surface area contributed by atoms with Crippen molar-refractivity contribution in [2.45, 2.75) is 19.8 Å². The quantitative estimate of drug-likeness (QED) is 0.569. The molecule has 4 nitrogen and oxygen atoms in total. The van der Waals surface area contributed by atoms with Gasteiger partial charge >= 0.3 is 6.03 Å². The van der Waals surface area contributed by atoms with Crippen molar-refractivity contribution in [2.24, 2.45) is 10.8 Å². The van der Waals surface area contributed by atoms with Crippen molar-refractivity contribution >= 4 is 11.7 Å². The predicted octanol–water partition coefficient (Wildman–Crippen LogP) is 1.66. The molecule has 1 aromatic carbocycles. The van der Waals surface area contributed by atoms with Crippen LogP contribution in [-0.2, 0) is 6.42 Å². The summed E-state index contributed by atoms with van der Waals surface area (Å²) in [5.74, 6) is 0. The number of nitrogens with zero attached hydrogens (tertiary/aromatic N) is 1. The number of rotatable bonds is 4. The lowest BCUT2D eigenvalue weighted by atomic mass is 10.1. The van der Waals surface area contributed by atoms with Crippen LogP contribution in [0.5, 0.6) is 0 Å². The molecule has 0 fully saturated rings. The second kappa shape index (κ2) is 5.80. The average Bonchev–Trinajstić information content (AvgIpc) is 2.25. The third-order valence-corrected chi connectivity index (χ3v) is 1.98. The Morgan fingerprint density at radius 2 is 2.07 bits per heavy atom. The van der Waals surface area contributed by atoms with Crippen molar-refractivity contribution in [2.75, 3.05) is 0 Å². The second-order valence-corrected chi connectivity index (χ2v) is 3.31. The molecular weight excluding hydrogens is 190 g/mol. The fraction of sp³-hybridized carbons (Fsp3) is 0.273. The van der Waals surface area contributed by atoms with Gasteiger partial charge in [0.1, 0.15) is 0 Å². The number of primary amides is 1. The Morgan fingerprint density at radius 3 is 2.67 bits per heavy atom. The summed E-state index contributed by atoms with van der Waals surface area (Å²) in [5, 5.41) is 3.83. The minimum Gasteiger partial charge on any atom is -0.350 e. The summed E-state index contributed by atoms with van der Waals surface area (Å²) >= 11 is 0. The molecule has 4 heteroatoms. The van der Waals surface area contributed by atoms with Crippen molar-refractivity contribution in [3.8, 4) is 0 Å². The zero-order chi connectivity index (χ0) is 11.1. The average molecular weight is 205 g/mol. The van der Waals surface area contributed by atoms with Gasteiger partial charge in [-0.15, -0.1) is 0 Å². The molecule has 0 heterocycles. The Kier molecular flexibility index (Phi) is 4.34. The van der Waals surface area contributed by atoms with Crippen LogP contribution >= 0.6 is 0 Å². The Balaban J connectivity index is 2.37. The fourth-order valence-corrected chi connectivity index (χ4v) is 1.18. The molecule has 3 N–H and O–H groups in total. The molecule has 0 radical (unpaired) electrons. The number of carbonyl (C=O) groups excluding carboxylic acids is 1. The van der Waals surface area contributed by atoms with Gasteiger partial charge in [-0.25, -0.2) is 10.2 Å². The molecule has 0 saturated carbocycles. The summed E-state index contributed by atoms with van der Waals surface area (Å²) in [5.41, 5.74) is 9.21. The SMILES string of the molecule is CC(CCc1ccccc1)=NNC(N)=O. The van der Waals surface area contributed by atoms with Crippen molar-refractivity contribution in [3.63, 3.8) is 0 Å². The van der Waals surface area contributed by atoms with E-state index in [0.717, 1.165) is 18.6 Å². The molecule has 0 aromatic heterocycles. The fourth-order valence-electron chi connectivity index (χ4n) is 1.18. The van der Waals surface area contributed by atoms with Crippen LogP contribution in [0.3, 0.4) is 0 Å². The van der Waals surface area contributed by atoms with Crippen LogP contribution in [0.1, 0.15) is 18.9 Å². The van der Waals surface area contributed by atoms with E-state index in [1.54, 1.807) is 0 Å². The third-order valence-electron chi connectivity index (χ3n) is 1.98. The first kappa shape index (κ1) is 11.2. The summed E-state index contributed by atoms with van der Waals surface area (Å²) in [4.78, 5) is 10.4. The van der Waals surface area contributed by atoms with Crippen LogP contribution in [0.2, 0.25) is 0 Å². The van der Waals surface area contributed by atoms with E-state index in [0.29, 0.717) is 0 Å². The minimum absolute atomic E-state index is 0.630. The summed E-state index contributed by atoms with van der Waals surface area (Å²) < 4.78 is 0. The molecule has 0 aliphatic rings. The molecule has 1 rings (SSSR count). The van der Waals surface area contributed by atoms with E-state index in [1.165, 1.54) is 5.56 Å². The summed E-state index contributed by atoms with van der Waals surface area (Å²) in [6.45, 7) is 1.86. The van der Waals surface area contributed by atoms with Crippen molar-refractivity contribution in [1.29, 1.82) is 0 Å². The van der Waals surface area contributed by atoms with E-state index in [9.17, 15) is 4.79 Å². The first-order chi connectivity index (χ1) is 7.18. The predicted molar refractivity (Wildman–Crippen MR) is 60.6 cm³/mol. The van der Waals surface area contributed by atoms with Crippen LogP contribution in [0.25, 0.3) is 0 Å². The molecule has 0 bridgehead atoms. The van der Waals surface area contributed by atoms with Gasteiger partial charge in [0.15, 0.2) is 0 Å². The molecule has 0 spiro atoms. The number of amides is 2. The number of aryl methyl sites for hydroxylation is 1. The zero-order valence-corrected chi connectivity index (χ0v) is 8.73. The van der Waals surface area contributed by atoms with E-state index in [2.05, 4.69) is 22.7 Å². The van der Waals surface area contributed by atoms with E-state index in [4.69, 9.17) is 5.73 Å². The summed E-state index contributed by atoms with van der Waals surface area (Å²) in [7, 11) is 0. The highest BCUT2D eigenvalue weighted by atomic mass is 16.2. The van der Waals surface area contributed by atoms with Gasteiger partial charge in [-0.05, 0) is 25.3 Å². The lowest BCUT2D eigenvalue weighted by molar-refractivity contribution is 0.249. The van der Waals surface area contributed by atoms with E-state index in [1.807, 2.05) is 25.1 Å². The number of urea groups is 1.